The van der Waals surface area contributed by atoms with Crippen molar-refractivity contribution in [3.63, 3.8) is 0 Å². The Labute approximate surface area is 82.7 Å². The van der Waals surface area contributed by atoms with Gasteiger partial charge in [-0.1, -0.05) is 12.2 Å². The van der Waals surface area contributed by atoms with Gasteiger partial charge in [-0.05, 0) is 25.1 Å². The summed E-state index contributed by atoms with van der Waals surface area (Å²) in [5.41, 5.74) is 0.751. The second-order valence-corrected chi connectivity index (χ2v) is 2.76. The third-order valence-corrected chi connectivity index (χ3v) is 1.74. The number of allylic oxidation sites excluding steroid dienone is 1. The lowest BCUT2D eigenvalue weighted by Gasteiger charge is -2.04. The highest BCUT2D eigenvalue weighted by Crippen LogP contribution is 2.14. The van der Waals surface area contributed by atoms with Gasteiger partial charge in [0.15, 0.2) is 0 Å². The normalized spacial score (nSPS) is 10.1. The highest BCUT2D eigenvalue weighted by atomic mass is 19.1. The molecule has 0 unspecified atom stereocenters. The van der Waals surface area contributed by atoms with Gasteiger partial charge in [0.1, 0.15) is 5.82 Å². The molecule has 1 aromatic rings. The molecule has 0 aliphatic heterocycles. The predicted octanol–water partition coefficient (Wildman–Crippen LogP) is 2.69. The zero-order chi connectivity index (χ0) is 10.4. The van der Waals surface area contributed by atoms with E-state index in [2.05, 4.69) is 5.32 Å². The third kappa shape index (κ3) is 2.60. The Bertz CT molecular complexity index is 377. The third-order valence-electron chi connectivity index (χ3n) is 1.74. The van der Waals surface area contributed by atoms with Crippen LogP contribution in [0.2, 0.25) is 0 Å². The zero-order valence-corrected chi connectivity index (χ0v) is 7.92. The van der Waals surface area contributed by atoms with Crippen LogP contribution in [-0.4, -0.2) is 6.54 Å². The molecule has 0 spiro atoms. The molecule has 0 atom stereocenters. The summed E-state index contributed by atoms with van der Waals surface area (Å²) in [6.45, 7) is 2.48. The Morgan fingerprint density at radius 2 is 2.36 bits per heavy atom. The number of nitrogens with one attached hydrogen (secondary N) is 1. The molecule has 0 heterocycles. The van der Waals surface area contributed by atoms with Crippen LogP contribution in [0.25, 0.3) is 0 Å². The van der Waals surface area contributed by atoms with Gasteiger partial charge in [-0.3, -0.25) is 0 Å². The number of hydrogen-bond acceptors (Lipinski definition) is 2. The first-order valence-corrected chi connectivity index (χ1v) is 4.32. The van der Waals surface area contributed by atoms with E-state index in [4.69, 9.17) is 5.26 Å². The average Bonchev–Trinajstić information content (AvgIpc) is 2.20. The number of anilines is 1. The van der Waals surface area contributed by atoms with E-state index in [1.165, 1.54) is 6.07 Å². The molecule has 0 aliphatic carbocycles. The van der Waals surface area contributed by atoms with Crippen LogP contribution in [0.4, 0.5) is 10.1 Å². The monoisotopic (exact) mass is 190 g/mol. The summed E-state index contributed by atoms with van der Waals surface area (Å²) in [6.07, 6.45) is 3.77. The minimum Gasteiger partial charge on any atom is -0.379 e. The fourth-order valence-corrected chi connectivity index (χ4v) is 1.01. The maximum Gasteiger partial charge on any atom is 0.147 e. The van der Waals surface area contributed by atoms with Crippen molar-refractivity contribution >= 4 is 5.69 Å². The van der Waals surface area contributed by atoms with E-state index in [1.54, 1.807) is 12.1 Å². The van der Waals surface area contributed by atoms with Crippen LogP contribution in [0.3, 0.4) is 0 Å². The van der Waals surface area contributed by atoms with Gasteiger partial charge >= 0.3 is 0 Å². The van der Waals surface area contributed by atoms with E-state index in [9.17, 15) is 4.39 Å². The van der Waals surface area contributed by atoms with E-state index in [0.717, 1.165) is 0 Å². The summed E-state index contributed by atoms with van der Waals surface area (Å²) in [4.78, 5) is 0. The standard InChI is InChI=1S/C11H11FN2/c1-2-3-6-14-11-5-4-9(8-13)7-10(11)12/h2-5,7,14H,6H2,1H3/b3-2+. The number of hydrogen-bond donors (Lipinski definition) is 1. The van der Waals surface area contributed by atoms with Crippen LogP contribution in [0.15, 0.2) is 30.4 Å². The number of halogens is 1. The van der Waals surface area contributed by atoms with Crippen molar-refractivity contribution in [2.75, 3.05) is 11.9 Å². The largest absolute Gasteiger partial charge is 0.379 e. The van der Waals surface area contributed by atoms with Gasteiger partial charge in [-0.25, -0.2) is 4.39 Å². The Kier molecular flexibility index (Phi) is 3.69. The van der Waals surface area contributed by atoms with Crippen molar-refractivity contribution in [2.24, 2.45) is 0 Å². The molecule has 0 radical (unpaired) electrons. The number of benzene rings is 1. The first-order valence-electron chi connectivity index (χ1n) is 4.32. The van der Waals surface area contributed by atoms with Crippen LogP contribution in [-0.2, 0) is 0 Å². The average molecular weight is 190 g/mol. The van der Waals surface area contributed by atoms with Crippen LogP contribution in [0.1, 0.15) is 12.5 Å². The van der Waals surface area contributed by atoms with Crippen molar-refractivity contribution in [2.45, 2.75) is 6.92 Å². The minimum atomic E-state index is -0.395. The molecule has 14 heavy (non-hydrogen) atoms. The fourth-order valence-electron chi connectivity index (χ4n) is 1.01. The summed E-state index contributed by atoms with van der Waals surface area (Å²) < 4.78 is 13.2. The molecule has 0 aromatic heterocycles. The predicted molar refractivity (Wildman–Crippen MR) is 54.4 cm³/mol. The van der Waals surface area contributed by atoms with E-state index >= 15 is 0 Å². The fraction of sp³-hybridized carbons (Fsp3) is 0.182. The highest BCUT2D eigenvalue weighted by Gasteiger charge is 2.01. The van der Waals surface area contributed by atoms with Crippen LogP contribution in [0, 0.1) is 17.1 Å². The molecule has 72 valence electrons. The number of rotatable bonds is 3. The first kappa shape index (κ1) is 10.3. The van der Waals surface area contributed by atoms with E-state index in [-0.39, 0.29) is 0 Å². The lowest BCUT2D eigenvalue weighted by molar-refractivity contribution is 0.630. The molecule has 0 saturated heterocycles. The highest BCUT2D eigenvalue weighted by molar-refractivity contribution is 5.49. The first-order chi connectivity index (χ1) is 6.77. The second kappa shape index (κ2) is 5.03. The maximum absolute atomic E-state index is 13.2. The van der Waals surface area contributed by atoms with Crippen molar-refractivity contribution in [3.8, 4) is 6.07 Å². The molecule has 1 rings (SSSR count). The second-order valence-electron chi connectivity index (χ2n) is 2.76. The zero-order valence-electron chi connectivity index (χ0n) is 7.92. The van der Waals surface area contributed by atoms with Gasteiger partial charge in [-0.2, -0.15) is 5.26 Å². The molecule has 2 nitrogen and oxygen atoms in total. The molecule has 1 aromatic carbocycles. The molecule has 0 bridgehead atoms. The van der Waals surface area contributed by atoms with Gasteiger partial charge in [0, 0.05) is 6.54 Å². The molecule has 0 fully saturated rings. The number of nitrogens with zero attached hydrogens (tertiary/aromatic N) is 1. The van der Waals surface area contributed by atoms with Crippen LogP contribution in [0.5, 0.6) is 0 Å². The Morgan fingerprint density at radius 1 is 1.57 bits per heavy atom. The van der Waals surface area contributed by atoms with Crippen molar-refractivity contribution in [1.29, 1.82) is 5.26 Å². The maximum atomic E-state index is 13.2. The summed E-state index contributed by atoms with van der Waals surface area (Å²) in [5, 5.41) is 11.4. The molecule has 0 amide bonds. The summed E-state index contributed by atoms with van der Waals surface area (Å²) >= 11 is 0. The van der Waals surface area contributed by atoms with Gasteiger partial charge < -0.3 is 5.32 Å². The van der Waals surface area contributed by atoms with E-state index in [0.29, 0.717) is 17.8 Å². The van der Waals surface area contributed by atoms with E-state index < -0.39 is 5.82 Å². The van der Waals surface area contributed by atoms with Crippen LogP contribution >= 0.6 is 0 Å². The molecule has 0 saturated carbocycles. The summed E-state index contributed by atoms with van der Waals surface area (Å²) in [6, 6.07) is 6.25. The molecule has 0 aliphatic rings. The molecular weight excluding hydrogens is 179 g/mol. The smallest absolute Gasteiger partial charge is 0.147 e. The molecular formula is C11H11FN2. The number of nitriles is 1. The van der Waals surface area contributed by atoms with Gasteiger partial charge in [-0.15, -0.1) is 0 Å². The SMILES string of the molecule is C/C=C/CNc1ccc(C#N)cc1F. The summed E-state index contributed by atoms with van der Waals surface area (Å²) in [5.74, 6) is -0.395. The Morgan fingerprint density at radius 3 is 2.93 bits per heavy atom. The lowest BCUT2D eigenvalue weighted by atomic mass is 10.2. The van der Waals surface area contributed by atoms with Gasteiger partial charge in [0.25, 0.3) is 0 Å². The van der Waals surface area contributed by atoms with Crippen molar-refractivity contribution in [1.82, 2.24) is 0 Å². The van der Waals surface area contributed by atoms with Crippen molar-refractivity contribution < 1.29 is 4.39 Å². The van der Waals surface area contributed by atoms with E-state index in [1.807, 2.05) is 25.1 Å². The summed E-state index contributed by atoms with van der Waals surface area (Å²) in [7, 11) is 0. The van der Waals surface area contributed by atoms with Crippen LogP contribution < -0.4 is 5.32 Å². The van der Waals surface area contributed by atoms with Crippen molar-refractivity contribution in [3.05, 3.63) is 41.7 Å². The van der Waals surface area contributed by atoms with Gasteiger partial charge in [0.2, 0.25) is 0 Å². The lowest BCUT2D eigenvalue weighted by Crippen LogP contribution is -2.00. The Hall–Kier alpha value is -1.82. The molecule has 3 heteroatoms. The Balaban J connectivity index is 2.75. The quantitative estimate of drug-likeness (QED) is 0.744. The minimum absolute atomic E-state index is 0.332. The topological polar surface area (TPSA) is 35.8 Å². The van der Waals surface area contributed by atoms with Gasteiger partial charge in [0.05, 0.1) is 17.3 Å². The molecule has 1 N–H and O–H groups in total.